The predicted molar refractivity (Wildman–Crippen MR) is 63.6 cm³/mol. The van der Waals surface area contributed by atoms with Crippen molar-refractivity contribution < 1.29 is 5.11 Å². The Morgan fingerprint density at radius 1 is 1.29 bits per heavy atom. The molecule has 1 aromatic carbocycles. The predicted octanol–water partition coefficient (Wildman–Crippen LogP) is 2.01. The van der Waals surface area contributed by atoms with Gasteiger partial charge in [0.2, 0.25) is 0 Å². The minimum Gasteiger partial charge on any atom is -0.398 e. The summed E-state index contributed by atoms with van der Waals surface area (Å²) >= 11 is 4.22. The zero-order valence-electron chi connectivity index (χ0n) is 8.24. The fourth-order valence-corrected chi connectivity index (χ4v) is 1.67. The molecule has 14 heavy (non-hydrogen) atoms. The van der Waals surface area contributed by atoms with Gasteiger partial charge in [-0.05, 0) is 36.5 Å². The summed E-state index contributed by atoms with van der Waals surface area (Å²) in [6.07, 6.45) is 2.88. The van der Waals surface area contributed by atoms with E-state index >= 15 is 0 Å². The first kappa shape index (κ1) is 11.4. The molecule has 78 valence electrons. The number of aliphatic hydroxyl groups is 1. The maximum absolute atomic E-state index is 8.66. The van der Waals surface area contributed by atoms with Crippen molar-refractivity contribution in [1.82, 2.24) is 0 Å². The third-order valence-corrected chi connectivity index (χ3v) is 2.59. The molecule has 0 saturated heterocycles. The van der Waals surface area contributed by atoms with Crippen LogP contribution in [0.1, 0.15) is 24.0 Å². The van der Waals surface area contributed by atoms with Crippen LogP contribution in [0.15, 0.2) is 18.2 Å². The average molecular weight is 211 g/mol. The van der Waals surface area contributed by atoms with E-state index in [4.69, 9.17) is 10.8 Å². The van der Waals surface area contributed by atoms with Gasteiger partial charge < -0.3 is 10.8 Å². The van der Waals surface area contributed by atoms with Crippen LogP contribution in [-0.2, 0) is 12.2 Å². The lowest BCUT2D eigenvalue weighted by atomic mass is 10.0. The molecule has 1 rings (SSSR count). The lowest BCUT2D eigenvalue weighted by molar-refractivity contribution is 0.284. The maximum Gasteiger partial charge on any atom is 0.0431 e. The standard InChI is InChI=1S/C11H17NOS/c12-11-5-4-9(3-1-2-6-13)7-10(11)8-14/h4-5,7,13-14H,1-3,6,8,12H2. The van der Waals surface area contributed by atoms with Crippen LogP contribution in [0.4, 0.5) is 5.69 Å². The number of aryl methyl sites for hydroxylation is 1. The minimum absolute atomic E-state index is 0.272. The first-order chi connectivity index (χ1) is 6.77. The largest absolute Gasteiger partial charge is 0.398 e. The van der Waals surface area contributed by atoms with Crippen molar-refractivity contribution >= 4 is 18.3 Å². The van der Waals surface area contributed by atoms with Crippen LogP contribution in [0.3, 0.4) is 0 Å². The van der Waals surface area contributed by atoms with Crippen molar-refractivity contribution in [2.45, 2.75) is 25.0 Å². The number of nitrogens with two attached hydrogens (primary N) is 1. The van der Waals surface area contributed by atoms with E-state index in [0.717, 1.165) is 30.5 Å². The summed E-state index contributed by atoms with van der Waals surface area (Å²) in [6.45, 7) is 0.272. The zero-order chi connectivity index (χ0) is 10.4. The van der Waals surface area contributed by atoms with E-state index in [1.54, 1.807) is 0 Å². The smallest absolute Gasteiger partial charge is 0.0431 e. The Morgan fingerprint density at radius 2 is 2.07 bits per heavy atom. The monoisotopic (exact) mass is 211 g/mol. The number of benzene rings is 1. The number of hydrogen-bond acceptors (Lipinski definition) is 3. The van der Waals surface area contributed by atoms with E-state index in [9.17, 15) is 0 Å². The topological polar surface area (TPSA) is 46.2 Å². The summed E-state index contributed by atoms with van der Waals surface area (Å²) in [5, 5.41) is 8.66. The SMILES string of the molecule is Nc1ccc(CCCCO)cc1CS. The first-order valence-electron chi connectivity index (χ1n) is 4.87. The molecule has 0 aliphatic rings. The van der Waals surface area contributed by atoms with E-state index in [-0.39, 0.29) is 6.61 Å². The van der Waals surface area contributed by atoms with Gasteiger partial charge in [-0.3, -0.25) is 0 Å². The molecule has 3 heteroatoms. The van der Waals surface area contributed by atoms with Gasteiger partial charge in [-0.2, -0.15) is 12.6 Å². The number of rotatable bonds is 5. The molecule has 0 aromatic heterocycles. The van der Waals surface area contributed by atoms with E-state index in [1.807, 2.05) is 12.1 Å². The van der Waals surface area contributed by atoms with Crippen LogP contribution in [0.25, 0.3) is 0 Å². The molecule has 3 N–H and O–H groups in total. The summed E-state index contributed by atoms with van der Waals surface area (Å²) in [5.41, 5.74) is 8.94. The lowest BCUT2D eigenvalue weighted by Crippen LogP contribution is -1.95. The normalized spacial score (nSPS) is 10.4. The number of anilines is 1. The van der Waals surface area contributed by atoms with Gasteiger partial charge in [0.25, 0.3) is 0 Å². The summed E-state index contributed by atoms with van der Waals surface area (Å²) < 4.78 is 0. The fraction of sp³-hybridized carbons (Fsp3) is 0.455. The van der Waals surface area contributed by atoms with Crippen molar-refractivity contribution in [2.75, 3.05) is 12.3 Å². The van der Waals surface area contributed by atoms with Gasteiger partial charge in [-0.15, -0.1) is 0 Å². The summed E-state index contributed by atoms with van der Waals surface area (Å²) in [5.74, 6) is 0.680. The van der Waals surface area contributed by atoms with Crippen molar-refractivity contribution in [3.05, 3.63) is 29.3 Å². The lowest BCUT2D eigenvalue weighted by Gasteiger charge is -2.06. The van der Waals surface area contributed by atoms with E-state index in [1.165, 1.54) is 5.56 Å². The highest BCUT2D eigenvalue weighted by Gasteiger charge is 1.99. The van der Waals surface area contributed by atoms with Gasteiger partial charge in [0.05, 0.1) is 0 Å². The molecule has 0 aliphatic carbocycles. The van der Waals surface area contributed by atoms with E-state index in [2.05, 4.69) is 18.7 Å². The van der Waals surface area contributed by atoms with Crippen LogP contribution in [0.2, 0.25) is 0 Å². The second-order valence-electron chi connectivity index (χ2n) is 3.37. The van der Waals surface area contributed by atoms with Crippen LogP contribution >= 0.6 is 12.6 Å². The Kier molecular flexibility index (Phi) is 4.84. The molecule has 0 spiro atoms. The number of hydrogen-bond donors (Lipinski definition) is 3. The average Bonchev–Trinajstić information content (AvgIpc) is 2.21. The highest BCUT2D eigenvalue weighted by molar-refractivity contribution is 7.79. The molecular weight excluding hydrogens is 194 g/mol. The van der Waals surface area contributed by atoms with Crippen LogP contribution in [0.5, 0.6) is 0 Å². The molecular formula is C11H17NOS. The number of unbranched alkanes of at least 4 members (excludes halogenated alkanes) is 1. The van der Waals surface area contributed by atoms with Gasteiger partial charge in [-0.25, -0.2) is 0 Å². The molecule has 2 nitrogen and oxygen atoms in total. The van der Waals surface area contributed by atoms with Crippen molar-refractivity contribution in [3.8, 4) is 0 Å². The highest BCUT2D eigenvalue weighted by Crippen LogP contribution is 2.17. The second kappa shape index (κ2) is 5.94. The Balaban J connectivity index is 2.60. The number of nitrogen functional groups attached to an aromatic ring is 1. The number of thiol groups is 1. The molecule has 0 atom stereocenters. The quantitative estimate of drug-likeness (QED) is 0.396. The molecule has 0 heterocycles. The van der Waals surface area contributed by atoms with Crippen molar-refractivity contribution in [2.24, 2.45) is 0 Å². The number of aliphatic hydroxyl groups excluding tert-OH is 1. The molecule has 0 aliphatic heterocycles. The fourth-order valence-electron chi connectivity index (χ4n) is 1.39. The zero-order valence-corrected chi connectivity index (χ0v) is 9.13. The Morgan fingerprint density at radius 3 is 2.71 bits per heavy atom. The Hall–Kier alpha value is -0.670. The third kappa shape index (κ3) is 3.24. The van der Waals surface area contributed by atoms with Gasteiger partial charge in [-0.1, -0.05) is 12.1 Å². The summed E-state index contributed by atoms with van der Waals surface area (Å²) in [7, 11) is 0. The van der Waals surface area contributed by atoms with Gasteiger partial charge in [0, 0.05) is 18.0 Å². The first-order valence-corrected chi connectivity index (χ1v) is 5.50. The molecule has 0 unspecified atom stereocenters. The third-order valence-electron chi connectivity index (χ3n) is 2.25. The minimum atomic E-state index is 0.272. The summed E-state index contributed by atoms with van der Waals surface area (Å²) in [4.78, 5) is 0. The Bertz CT molecular complexity index is 289. The summed E-state index contributed by atoms with van der Waals surface area (Å²) in [6, 6.07) is 6.07. The van der Waals surface area contributed by atoms with Gasteiger partial charge in [0.15, 0.2) is 0 Å². The molecule has 0 fully saturated rings. The molecule has 0 radical (unpaired) electrons. The van der Waals surface area contributed by atoms with Crippen molar-refractivity contribution in [3.63, 3.8) is 0 Å². The van der Waals surface area contributed by atoms with E-state index < -0.39 is 0 Å². The van der Waals surface area contributed by atoms with Gasteiger partial charge in [0.1, 0.15) is 0 Å². The molecule has 1 aromatic rings. The Labute approximate surface area is 90.5 Å². The molecule has 0 bridgehead atoms. The highest BCUT2D eigenvalue weighted by atomic mass is 32.1. The van der Waals surface area contributed by atoms with Crippen molar-refractivity contribution in [1.29, 1.82) is 0 Å². The maximum atomic E-state index is 8.66. The van der Waals surface area contributed by atoms with Crippen LogP contribution < -0.4 is 5.73 Å². The second-order valence-corrected chi connectivity index (χ2v) is 3.69. The van der Waals surface area contributed by atoms with Gasteiger partial charge >= 0.3 is 0 Å². The van der Waals surface area contributed by atoms with E-state index in [0.29, 0.717) is 5.75 Å². The molecule has 0 saturated carbocycles. The molecule has 0 amide bonds. The van der Waals surface area contributed by atoms with Crippen LogP contribution in [-0.4, -0.2) is 11.7 Å². The van der Waals surface area contributed by atoms with Crippen LogP contribution in [0, 0.1) is 0 Å².